The van der Waals surface area contributed by atoms with E-state index in [1.807, 2.05) is 18.2 Å². The maximum Gasteiger partial charge on any atom is 0.130 e. The molecule has 1 N–H and O–H groups in total. The van der Waals surface area contributed by atoms with Gasteiger partial charge >= 0.3 is 0 Å². The first-order valence-electron chi connectivity index (χ1n) is 5.86. The Labute approximate surface area is 119 Å². The average Bonchev–Trinajstić information content (AvgIpc) is 2.36. The predicted molar refractivity (Wildman–Crippen MR) is 73.5 cm³/mol. The molecule has 1 atom stereocenters. The largest absolute Gasteiger partial charge is 0.304 e. The maximum atomic E-state index is 13.6. The summed E-state index contributed by atoms with van der Waals surface area (Å²) >= 11 is 3.28. The summed E-state index contributed by atoms with van der Waals surface area (Å²) in [6, 6.07) is 8.98. The highest BCUT2D eigenvalue weighted by molar-refractivity contribution is 9.10. The van der Waals surface area contributed by atoms with Crippen LogP contribution in [0.25, 0.3) is 0 Å². The molecule has 0 saturated carbocycles. The summed E-state index contributed by atoms with van der Waals surface area (Å²) in [6.07, 6.45) is 0. The van der Waals surface area contributed by atoms with Crippen molar-refractivity contribution in [3.05, 3.63) is 63.9 Å². The molecule has 0 radical (unpaired) electrons. The Kier molecular flexibility index (Phi) is 4.61. The van der Waals surface area contributed by atoms with E-state index in [2.05, 4.69) is 26.2 Å². The minimum atomic E-state index is -0.540. The molecule has 0 fully saturated rings. The van der Waals surface area contributed by atoms with E-state index in [1.165, 1.54) is 18.2 Å². The summed E-state index contributed by atoms with van der Waals surface area (Å²) in [5, 5.41) is 3.06. The van der Waals surface area contributed by atoms with Gasteiger partial charge in [0.2, 0.25) is 0 Å². The monoisotopic (exact) mass is 326 g/mol. The van der Waals surface area contributed by atoms with Crippen LogP contribution < -0.4 is 5.32 Å². The lowest BCUT2D eigenvalue weighted by Crippen LogP contribution is -2.21. The van der Waals surface area contributed by atoms with Crippen LogP contribution in [-0.2, 0) is 6.54 Å². The van der Waals surface area contributed by atoms with Crippen molar-refractivity contribution in [1.29, 1.82) is 0 Å². The average molecular weight is 327 g/mol. The molecule has 0 amide bonds. The SMILES string of the molecule is CC(NCc1cccc(Br)n1)c1c(F)cccc1F. The summed E-state index contributed by atoms with van der Waals surface area (Å²) in [5.41, 5.74) is 0.857. The molecule has 100 valence electrons. The Morgan fingerprint density at radius 1 is 1.16 bits per heavy atom. The maximum absolute atomic E-state index is 13.6. The summed E-state index contributed by atoms with van der Waals surface area (Å²) in [6.45, 7) is 2.16. The fourth-order valence-corrected chi connectivity index (χ4v) is 2.21. The highest BCUT2D eigenvalue weighted by atomic mass is 79.9. The number of aromatic nitrogens is 1. The second kappa shape index (κ2) is 6.21. The summed E-state index contributed by atoms with van der Waals surface area (Å²) in [5.74, 6) is -1.08. The smallest absolute Gasteiger partial charge is 0.130 e. The third kappa shape index (κ3) is 3.58. The van der Waals surface area contributed by atoms with E-state index in [0.29, 0.717) is 6.54 Å². The second-order valence-corrected chi connectivity index (χ2v) is 5.00. The molecule has 1 heterocycles. The second-order valence-electron chi connectivity index (χ2n) is 4.19. The van der Waals surface area contributed by atoms with E-state index in [1.54, 1.807) is 6.92 Å². The van der Waals surface area contributed by atoms with Crippen molar-refractivity contribution >= 4 is 15.9 Å². The van der Waals surface area contributed by atoms with Crippen molar-refractivity contribution < 1.29 is 8.78 Å². The van der Waals surface area contributed by atoms with Gasteiger partial charge in [-0.2, -0.15) is 0 Å². The van der Waals surface area contributed by atoms with Gasteiger partial charge in [-0.1, -0.05) is 12.1 Å². The van der Waals surface area contributed by atoms with Gasteiger partial charge in [-0.05, 0) is 47.1 Å². The molecule has 0 bridgehead atoms. The summed E-state index contributed by atoms with van der Waals surface area (Å²) < 4.78 is 27.9. The molecule has 5 heteroatoms. The van der Waals surface area contributed by atoms with Crippen molar-refractivity contribution in [2.24, 2.45) is 0 Å². The normalized spacial score (nSPS) is 12.4. The van der Waals surface area contributed by atoms with Crippen LogP contribution >= 0.6 is 15.9 Å². The molecule has 1 unspecified atom stereocenters. The zero-order chi connectivity index (χ0) is 13.8. The van der Waals surface area contributed by atoms with Crippen LogP contribution in [0.15, 0.2) is 41.0 Å². The zero-order valence-electron chi connectivity index (χ0n) is 10.3. The van der Waals surface area contributed by atoms with Crippen LogP contribution in [0, 0.1) is 11.6 Å². The molecule has 0 saturated heterocycles. The molecule has 0 aliphatic rings. The van der Waals surface area contributed by atoms with Gasteiger partial charge in [0, 0.05) is 18.2 Å². The van der Waals surface area contributed by atoms with Crippen LogP contribution in [0.4, 0.5) is 8.78 Å². The first-order valence-corrected chi connectivity index (χ1v) is 6.66. The quantitative estimate of drug-likeness (QED) is 0.860. The number of rotatable bonds is 4. The Hall–Kier alpha value is -1.33. The number of nitrogens with one attached hydrogen (secondary N) is 1. The Morgan fingerprint density at radius 2 is 1.79 bits per heavy atom. The fourth-order valence-electron chi connectivity index (χ4n) is 1.83. The van der Waals surface area contributed by atoms with Gasteiger partial charge in [0.15, 0.2) is 0 Å². The molecule has 19 heavy (non-hydrogen) atoms. The van der Waals surface area contributed by atoms with Crippen molar-refractivity contribution in [3.63, 3.8) is 0 Å². The molecule has 2 rings (SSSR count). The molecule has 0 aliphatic heterocycles. The van der Waals surface area contributed by atoms with Gasteiger partial charge in [0.25, 0.3) is 0 Å². The van der Waals surface area contributed by atoms with Gasteiger partial charge in [0.05, 0.1) is 5.69 Å². The molecule has 0 aliphatic carbocycles. The Bertz CT molecular complexity index is 555. The third-order valence-corrected chi connectivity index (χ3v) is 3.24. The van der Waals surface area contributed by atoms with Crippen LogP contribution in [-0.4, -0.2) is 4.98 Å². The van der Waals surface area contributed by atoms with Crippen LogP contribution in [0.5, 0.6) is 0 Å². The third-order valence-electron chi connectivity index (χ3n) is 2.79. The van der Waals surface area contributed by atoms with Gasteiger partial charge < -0.3 is 5.32 Å². The lowest BCUT2D eigenvalue weighted by molar-refractivity contribution is 0.485. The van der Waals surface area contributed by atoms with Gasteiger partial charge in [-0.25, -0.2) is 13.8 Å². The molecular weight excluding hydrogens is 314 g/mol. The molecule has 2 nitrogen and oxygen atoms in total. The van der Waals surface area contributed by atoms with Crippen LogP contribution in [0.3, 0.4) is 0 Å². The van der Waals surface area contributed by atoms with E-state index in [0.717, 1.165) is 10.3 Å². The number of pyridine rings is 1. The minimum absolute atomic E-state index is 0.0532. The number of nitrogens with zero attached hydrogens (tertiary/aromatic N) is 1. The minimum Gasteiger partial charge on any atom is -0.304 e. The summed E-state index contributed by atoms with van der Waals surface area (Å²) in [7, 11) is 0. The topological polar surface area (TPSA) is 24.9 Å². The lowest BCUT2D eigenvalue weighted by atomic mass is 10.1. The predicted octanol–water partition coefficient (Wildman–Crippen LogP) is 3.97. The first-order chi connectivity index (χ1) is 9.08. The summed E-state index contributed by atoms with van der Waals surface area (Å²) in [4.78, 5) is 4.25. The first kappa shape index (κ1) is 14.1. The van der Waals surface area contributed by atoms with Crippen molar-refractivity contribution in [3.8, 4) is 0 Å². The van der Waals surface area contributed by atoms with E-state index >= 15 is 0 Å². The lowest BCUT2D eigenvalue weighted by Gasteiger charge is -2.15. The van der Waals surface area contributed by atoms with E-state index in [4.69, 9.17) is 0 Å². The zero-order valence-corrected chi connectivity index (χ0v) is 11.9. The van der Waals surface area contributed by atoms with Crippen molar-refractivity contribution in [2.45, 2.75) is 19.5 Å². The standard InChI is InChI=1S/C14H13BrF2N2/c1-9(14-11(16)5-3-6-12(14)17)18-8-10-4-2-7-13(15)19-10/h2-7,9,18H,8H2,1H3. The van der Waals surface area contributed by atoms with E-state index < -0.39 is 17.7 Å². The number of halogens is 3. The Balaban J connectivity index is 2.07. The Morgan fingerprint density at radius 3 is 2.42 bits per heavy atom. The molecule has 0 spiro atoms. The van der Waals surface area contributed by atoms with Gasteiger partial charge in [-0.15, -0.1) is 0 Å². The highest BCUT2D eigenvalue weighted by Crippen LogP contribution is 2.20. The molecular formula is C14H13BrF2N2. The molecule has 1 aromatic carbocycles. The van der Waals surface area contributed by atoms with Crippen molar-refractivity contribution in [2.75, 3.05) is 0 Å². The van der Waals surface area contributed by atoms with Crippen LogP contribution in [0.1, 0.15) is 24.2 Å². The molecule has 1 aromatic heterocycles. The van der Waals surface area contributed by atoms with E-state index in [-0.39, 0.29) is 5.56 Å². The number of hydrogen-bond acceptors (Lipinski definition) is 2. The fraction of sp³-hybridized carbons (Fsp3) is 0.214. The van der Waals surface area contributed by atoms with Crippen LogP contribution in [0.2, 0.25) is 0 Å². The molecule has 2 aromatic rings. The van der Waals surface area contributed by atoms with E-state index in [9.17, 15) is 8.78 Å². The van der Waals surface area contributed by atoms with Gasteiger partial charge in [-0.3, -0.25) is 0 Å². The van der Waals surface area contributed by atoms with Crippen molar-refractivity contribution in [1.82, 2.24) is 10.3 Å². The van der Waals surface area contributed by atoms with Gasteiger partial charge in [0.1, 0.15) is 16.2 Å². The number of hydrogen-bond donors (Lipinski definition) is 1. The highest BCUT2D eigenvalue weighted by Gasteiger charge is 2.15. The number of benzene rings is 1.